The molecule has 12 heteroatoms. The van der Waals surface area contributed by atoms with Gasteiger partial charge in [0.15, 0.2) is 5.13 Å². The minimum absolute atomic E-state index is 0.133. The number of thiazole rings is 1. The first-order valence-corrected chi connectivity index (χ1v) is 13.1. The molecule has 1 amide bonds. The Balaban J connectivity index is 1.45. The summed E-state index contributed by atoms with van der Waals surface area (Å²) in [5.41, 5.74) is 0.442. The lowest BCUT2D eigenvalue weighted by molar-refractivity contribution is -0.0707. The van der Waals surface area contributed by atoms with E-state index in [2.05, 4.69) is 15.2 Å². The number of rotatable bonds is 6. The third kappa shape index (κ3) is 5.76. The molecule has 0 saturated carbocycles. The molecule has 0 aliphatic carbocycles. The fourth-order valence-electron chi connectivity index (χ4n) is 4.02. The van der Waals surface area contributed by atoms with Crippen molar-refractivity contribution in [2.45, 2.75) is 37.5 Å². The van der Waals surface area contributed by atoms with Gasteiger partial charge in [0.25, 0.3) is 5.91 Å². The lowest BCUT2D eigenvalue weighted by Crippen LogP contribution is -2.44. The molecule has 0 radical (unpaired) electrons. The molecule has 3 heterocycles. The van der Waals surface area contributed by atoms with Crippen molar-refractivity contribution in [1.82, 2.24) is 14.2 Å². The molecule has 2 unspecified atom stereocenters. The van der Waals surface area contributed by atoms with Crippen LogP contribution in [-0.2, 0) is 26.0 Å². The Morgan fingerprint density at radius 3 is 2.64 bits per heavy atom. The number of carbonyl (C=O) groups is 1. The number of anilines is 1. The molecule has 180 valence electrons. The topological polar surface area (TPSA) is 101 Å². The molecule has 1 aromatic carbocycles. The highest BCUT2D eigenvalue weighted by molar-refractivity contribution is 7.89. The van der Waals surface area contributed by atoms with E-state index in [-0.39, 0.29) is 35.8 Å². The molecule has 2 fully saturated rings. The van der Waals surface area contributed by atoms with Gasteiger partial charge in [0.05, 0.1) is 41.6 Å². The van der Waals surface area contributed by atoms with Crippen LogP contribution in [0, 0.1) is 5.82 Å². The fourth-order valence-corrected chi connectivity index (χ4v) is 6.15. The minimum Gasteiger partial charge on any atom is -0.379 e. The molecule has 1 aromatic heterocycles. The van der Waals surface area contributed by atoms with Crippen molar-refractivity contribution in [2.75, 3.05) is 44.7 Å². The summed E-state index contributed by atoms with van der Waals surface area (Å²) in [6.07, 6.45) is 0.270. The van der Waals surface area contributed by atoms with Crippen LogP contribution in [0.4, 0.5) is 9.52 Å². The number of nitrogens with one attached hydrogen (secondary N) is 1. The molecule has 2 saturated heterocycles. The largest absolute Gasteiger partial charge is 0.379 e. The van der Waals surface area contributed by atoms with E-state index >= 15 is 0 Å². The summed E-state index contributed by atoms with van der Waals surface area (Å²) in [6, 6.07) is 3.24. The van der Waals surface area contributed by atoms with E-state index in [1.54, 1.807) is 0 Å². The van der Waals surface area contributed by atoms with Crippen LogP contribution in [0.1, 0.15) is 29.9 Å². The molecule has 4 rings (SSSR count). The summed E-state index contributed by atoms with van der Waals surface area (Å²) in [5.74, 6) is -1.55. The van der Waals surface area contributed by atoms with Crippen LogP contribution in [0.15, 0.2) is 28.5 Å². The lowest BCUT2D eigenvalue weighted by atomic mass is 10.2. The average Bonchev–Trinajstić information content (AvgIpc) is 3.20. The SMILES string of the molecule is CC1CN(Cc2csc(NC(=O)c3cc(S(=O)(=O)N4CCOCC4)ccc3F)n2)CC(C)O1. The van der Waals surface area contributed by atoms with Crippen molar-refractivity contribution in [3.05, 3.63) is 40.7 Å². The number of benzene rings is 1. The van der Waals surface area contributed by atoms with E-state index in [4.69, 9.17) is 9.47 Å². The van der Waals surface area contributed by atoms with Crippen molar-refractivity contribution in [1.29, 1.82) is 0 Å². The smallest absolute Gasteiger partial charge is 0.260 e. The average molecular weight is 499 g/mol. The van der Waals surface area contributed by atoms with E-state index < -0.39 is 21.7 Å². The summed E-state index contributed by atoms with van der Waals surface area (Å²) < 4.78 is 52.3. The quantitative estimate of drug-likeness (QED) is 0.651. The van der Waals surface area contributed by atoms with Gasteiger partial charge in [-0.1, -0.05) is 0 Å². The Morgan fingerprint density at radius 1 is 1.24 bits per heavy atom. The Bertz CT molecular complexity index is 1090. The zero-order valence-corrected chi connectivity index (χ0v) is 20.1. The van der Waals surface area contributed by atoms with E-state index in [1.165, 1.54) is 21.7 Å². The van der Waals surface area contributed by atoms with Crippen molar-refractivity contribution in [3.63, 3.8) is 0 Å². The number of hydrogen-bond donors (Lipinski definition) is 1. The Kier molecular flexibility index (Phi) is 7.41. The fraction of sp³-hybridized carbons (Fsp3) is 0.524. The number of sulfonamides is 1. The molecule has 2 aliphatic rings. The van der Waals surface area contributed by atoms with Gasteiger partial charge < -0.3 is 9.47 Å². The van der Waals surface area contributed by atoms with Crippen molar-refractivity contribution >= 4 is 32.4 Å². The first-order valence-electron chi connectivity index (χ1n) is 10.7. The summed E-state index contributed by atoms with van der Waals surface area (Å²) in [7, 11) is -3.85. The van der Waals surface area contributed by atoms with E-state index in [0.717, 1.165) is 30.9 Å². The molecule has 0 spiro atoms. The third-order valence-electron chi connectivity index (χ3n) is 5.44. The molecule has 2 atom stereocenters. The van der Waals surface area contributed by atoms with Crippen LogP contribution in [-0.4, -0.2) is 80.1 Å². The number of halogens is 1. The first-order chi connectivity index (χ1) is 15.7. The zero-order valence-electron chi connectivity index (χ0n) is 18.5. The van der Waals surface area contributed by atoms with E-state index in [9.17, 15) is 17.6 Å². The highest BCUT2D eigenvalue weighted by atomic mass is 32.2. The Hall–Kier alpha value is -1.96. The zero-order chi connectivity index (χ0) is 23.6. The Morgan fingerprint density at radius 2 is 1.94 bits per heavy atom. The maximum absolute atomic E-state index is 14.4. The van der Waals surface area contributed by atoms with Crippen LogP contribution in [0.3, 0.4) is 0 Å². The number of aromatic nitrogens is 1. The number of carbonyl (C=O) groups excluding carboxylic acids is 1. The molecule has 9 nitrogen and oxygen atoms in total. The summed E-state index contributed by atoms with van der Waals surface area (Å²) in [6.45, 7) is 7.26. The molecular weight excluding hydrogens is 471 g/mol. The predicted molar refractivity (Wildman–Crippen MR) is 121 cm³/mol. The predicted octanol–water partition coefficient (Wildman–Crippen LogP) is 2.16. The first kappa shape index (κ1) is 24.2. The van der Waals surface area contributed by atoms with Crippen LogP contribution >= 0.6 is 11.3 Å². The van der Waals surface area contributed by atoms with Gasteiger partial charge in [0.2, 0.25) is 10.0 Å². The molecule has 2 aromatic rings. The number of hydrogen-bond acceptors (Lipinski definition) is 8. The maximum Gasteiger partial charge on any atom is 0.260 e. The van der Waals surface area contributed by atoms with Crippen molar-refractivity contribution in [2.24, 2.45) is 0 Å². The van der Waals surface area contributed by atoms with Crippen LogP contribution in [0.2, 0.25) is 0 Å². The van der Waals surface area contributed by atoms with Crippen LogP contribution in [0.5, 0.6) is 0 Å². The summed E-state index contributed by atoms with van der Waals surface area (Å²) in [5, 5.41) is 4.76. The highest BCUT2D eigenvalue weighted by Gasteiger charge is 2.28. The third-order valence-corrected chi connectivity index (χ3v) is 8.14. The van der Waals surface area contributed by atoms with Crippen LogP contribution < -0.4 is 5.32 Å². The second-order valence-electron chi connectivity index (χ2n) is 8.21. The standard InChI is InChI=1S/C21H27FN4O5S2/c1-14-10-25(11-15(2)31-14)12-16-13-32-21(23-16)24-20(27)18-9-17(3-4-19(18)22)33(28,29)26-5-7-30-8-6-26/h3-4,9,13-15H,5-8,10-12H2,1-2H3,(H,23,24,27). The highest BCUT2D eigenvalue weighted by Crippen LogP contribution is 2.23. The molecular formula is C21H27FN4O5S2. The van der Waals surface area contributed by atoms with Gasteiger partial charge in [0.1, 0.15) is 5.82 Å². The number of amides is 1. The van der Waals surface area contributed by atoms with Gasteiger partial charge in [0, 0.05) is 38.1 Å². The summed E-state index contributed by atoms with van der Waals surface area (Å²) >= 11 is 1.24. The lowest BCUT2D eigenvalue weighted by Gasteiger charge is -2.34. The van der Waals surface area contributed by atoms with Gasteiger partial charge in [-0.15, -0.1) is 11.3 Å². The molecule has 1 N–H and O–H groups in total. The molecule has 2 aliphatic heterocycles. The maximum atomic E-state index is 14.4. The van der Waals surface area contributed by atoms with Crippen molar-refractivity contribution in [3.8, 4) is 0 Å². The molecule has 0 bridgehead atoms. The van der Waals surface area contributed by atoms with Gasteiger partial charge in [-0.25, -0.2) is 17.8 Å². The van der Waals surface area contributed by atoms with E-state index in [1.807, 2.05) is 19.2 Å². The minimum atomic E-state index is -3.85. The van der Waals surface area contributed by atoms with E-state index in [0.29, 0.717) is 24.9 Å². The monoisotopic (exact) mass is 498 g/mol. The van der Waals surface area contributed by atoms with Gasteiger partial charge in [-0.3, -0.25) is 15.0 Å². The number of ether oxygens (including phenoxy) is 2. The second kappa shape index (κ2) is 10.1. The van der Waals surface area contributed by atoms with Gasteiger partial charge >= 0.3 is 0 Å². The van der Waals surface area contributed by atoms with Crippen molar-refractivity contribution < 1.29 is 27.1 Å². The number of morpholine rings is 2. The normalized spacial score (nSPS) is 22.9. The van der Waals surface area contributed by atoms with Crippen LogP contribution in [0.25, 0.3) is 0 Å². The number of nitrogens with zero attached hydrogens (tertiary/aromatic N) is 3. The Labute approximate surface area is 196 Å². The summed E-state index contributed by atoms with van der Waals surface area (Å²) in [4.78, 5) is 19.3. The van der Waals surface area contributed by atoms with Gasteiger partial charge in [-0.2, -0.15) is 4.31 Å². The molecule has 33 heavy (non-hydrogen) atoms. The second-order valence-corrected chi connectivity index (χ2v) is 11.0. The van der Waals surface area contributed by atoms with Gasteiger partial charge in [-0.05, 0) is 32.0 Å².